The predicted octanol–water partition coefficient (Wildman–Crippen LogP) is 25.6. The van der Waals surface area contributed by atoms with E-state index in [0.717, 1.165) is 121 Å². The Morgan fingerprint density at radius 1 is 0.273 bits per heavy atom. The van der Waals surface area contributed by atoms with Gasteiger partial charge in [0.15, 0.2) is 23.3 Å². The number of halogens is 7. The molecule has 0 aliphatic heterocycles. The van der Waals surface area contributed by atoms with Crippen molar-refractivity contribution in [3.8, 4) is 22.3 Å². The second-order valence-corrected chi connectivity index (χ2v) is 28.9. The molecule has 0 unspecified atom stereocenters. The number of rotatable bonds is 7. The summed E-state index contributed by atoms with van der Waals surface area (Å²) >= 11 is 0. The fraction of sp³-hybridized carbons (Fsp3) is 0.556. The summed E-state index contributed by atoms with van der Waals surface area (Å²) in [5.41, 5.74) is 7.78. The van der Waals surface area contributed by atoms with Gasteiger partial charge in [-0.3, -0.25) is 0 Å². The van der Waals surface area contributed by atoms with Crippen molar-refractivity contribution in [3.05, 3.63) is 189 Å². The van der Waals surface area contributed by atoms with Gasteiger partial charge in [0.1, 0.15) is 17.5 Å². The van der Waals surface area contributed by atoms with Crippen LogP contribution in [0.3, 0.4) is 0 Å². The van der Waals surface area contributed by atoms with E-state index in [9.17, 15) is 30.7 Å². The maximum absolute atomic E-state index is 14.3. The molecule has 88 heavy (non-hydrogen) atoms. The molecule has 6 fully saturated rings. The Hall–Kier alpha value is -5.17. The van der Waals surface area contributed by atoms with E-state index in [-0.39, 0.29) is 17.4 Å². The SMILES string of the molecule is CC1CCC(C2CCC(C)CC2)CC1.Cc1ccc(-c2ccc(-c3ccc(F)cc3F)cc2F)cc1.Cc1ccc(C2CCC(C)CC2)c(F)c1F.Cc1ccc(C2CCC(C)CC2)cc1.Cc1ccc(C2CCC(C3CCC(C)CC3)CC2)c(F)c1F. The van der Waals surface area contributed by atoms with Crippen molar-refractivity contribution in [3.63, 3.8) is 0 Å². The van der Waals surface area contributed by atoms with Crippen LogP contribution in [-0.4, -0.2) is 0 Å². The third-order valence-corrected chi connectivity index (χ3v) is 21.9. The first-order valence-electron chi connectivity index (χ1n) is 34.5. The molecule has 0 atom stereocenters. The molecule has 0 aromatic heterocycles. The minimum atomic E-state index is -0.706. The Bertz CT molecular complexity index is 3040. The number of aryl methyl sites for hydroxylation is 4. The highest BCUT2D eigenvalue weighted by Crippen LogP contribution is 2.46. The third-order valence-electron chi connectivity index (χ3n) is 21.9. The zero-order valence-electron chi connectivity index (χ0n) is 54.9. The normalized spacial score (nSPS) is 27.1. The summed E-state index contributed by atoms with van der Waals surface area (Å²) in [6.45, 7) is 19.2. The second-order valence-electron chi connectivity index (χ2n) is 28.9. The molecule has 0 heterocycles. The van der Waals surface area contributed by atoms with E-state index in [2.05, 4.69) is 65.8 Å². The minimum absolute atomic E-state index is 0.177. The van der Waals surface area contributed by atoms with E-state index < -0.39 is 40.7 Å². The van der Waals surface area contributed by atoms with E-state index in [4.69, 9.17) is 0 Å². The van der Waals surface area contributed by atoms with E-state index >= 15 is 0 Å². The summed E-state index contributed by atoms with van der Waals surface area (Å²) in [5, 5.41) is 0. The lowest BCUT2D eigenvalue weighted by molar-refractivity contribution is 0.155. The van der Waals surface area contributed by atoms with Gasteiger partial charge < -0.3 is 0 Å². The van der Waals surface area contributed by atoms with Crippen molar-refractivity contribution in [1.82, 2.24) is 0 Å². The van der Waals surface area contributed by atoms with Gasteiger partial charge in [-0.05, 0) is 246 Å². The standard InChI is InChI=1S/C20H28F2.C19H13F3.C14H18F2.C14H26.C14H20/c1-13-3-6-15(7-4-13)16-8-10-17(11-9-16)18-12-5-14(2)19(21)20(18)22;1-12-2-4-13(5-3-12)16-8-6-14(10-18(16)21)17-9-7-15(20)11-19(17)22;1-9-3-6-11(7-4-9)12-8-5-10(2)13(15)14(12)16;2*1-11-3-7-13(8-4-11)14-9-5-12(2)6-10-14/h5,12-13,15-17H,3-4,6-11H2,1-2H3;2-11H,1H3;5,8-9,11H,3-4,6-7H2,1-2H3;11-14H,3-10H2,1-2H3;3-4,7-8,12,14H,5-6,9-10H2,1-2H3. The fourth-order valence-corrected chi connectivity index (χ4v) is 15.5. The van der Waals surface area contributed by atoms with Crippen LogP contribution >= 0.6 is 0 Å². The zero-order valence-corrected chi connectivity index (χ0v) is 54.9. The molecule has 0 spiro atoms. The number of benzene rings is 6. The molecular formula is C81H105F7. The molecule has 6 aromatic rings. The van der Waals surface area contributed by atoms with E-state index in [1.54, 1.807) is 81.5 Å². The Kier molecular flexibility index (Phi) is 26.0. The van der Waals surface area contributed by atoms with Crippen LogP contribution in [0.2, 0.25) is 0 Å². The molecule has 0 radical (unpaired) electrons. The molecule has 6 aromatic carbocycles. The van der Waals surface area contributed by atoms with Gasteiger partial charge in [0.05, 0.1) is 0 Å². The quantitative estimate of drug-likeness (QED) is 0.140. The summed E-state index contributed by atoms with van der Waals surface area (Å²) in [6, 6.07) is 31.4. The van der Waals surface area contributed by atoms with Crippen molar-refractivity contribution in [2.75, 3.05) is 0 Å². The van der Waals surface area contributed by atoms with Gasteiger partial charge in [-0.25, -0.2) is 30.7 Å². The van der Waals surface area contributed by atoms with Crippen LogP contribution in [0.15, 0.2) is 109 Å². The van der Waals surface area contributed by atoms with Gasteiger partial charge in [0.2, 0.25) is 0 Å². The van der Waals surface area contributed by atoms with Gasteiger partial charge in [0.25, 0.3) is 0 Å². The van der Waals surface area contributed by atoms with E-state index in [1.807, 2.05) is 31.2 Å². The van der Waals surface area contributed by atoms with Crippen LogP contribution in [0.25, 0.3) is 22.3 Å². The summed E-state index contributed by atoms with van der Waals surface area (Å²) in [4.78, 5) is 0. The molecule has 12 rings (SSSR count). The number of hydrogen-bond acceptors (Lipinski definition) is 0. The molecule has 6 saturated carbocycles. The summed E-state index contributed by atoms with van der Waals surface area (Å²) in [6.07, 6.45) is 32.0. The van der Waals surface area contributed by atoms with Gasteiger partial charge in [-0.1, -0.05) is 195 Å². The van der Waals surface area contributed by atoms with Crippen molar-refractivity contribution in [1.29, 1.82) is 0 Å². The van der Waals surface area contributed by atoms with Gasteiger partial charge in [-0.15, -0.1) is 0 Å². The average Bonchev–Trinajstić information content (AvgIpc) is 2.47. The number of hydrogen-bond donors (Lipinski definition) is 0. The van der Waals surface area contributed by atoms with Crippen molar-refractivity contribution < 1.29 is 30.7 Å². The molecule has 7 heteroatoms. The Morgan fingerprint density at radius 3 is 0.966 bits per heavy atom. The molecular weight excluding hydrogens is 1110 g/mol. The van der Waals surface area contributed by atoms with Crippen LogP contribution in [0, 0.1) is 122 Å². The molecule has 0 bridgehead atoms. The molecule has 0 amide bonds. The zero-order chi connectivity index (χ0) is 63.0. The summed E-state index contributed by atoms with van der Waals surface area (Å²) in [7, 11) is 0. The highest BCUT2D eigenvalue weighted by molar-refractivity contribution is 5.71. The van der Waals surface area contributed by atoms with Gasteiger partial charge in [-0.2, -0.15) is 0 Å². The van der Waals surface area contributed by atoms with Crippen LogP contribution in [0.5, 0.6) is 0 Å². The lowest BCUT2D eigenvalue weighted by Crippen LogP contribution is -2.25. The first kappa shape index (κ1) is 68.7. The Balaban J connectivity index is 0.000000144. The average molecular weight is 1210 g/mol. The van der Waals surface area contributed by atoms with Crippen LogP contribution in [-0.2, 0) is 0 Å². The monoisotopic (exact) mass is 1210 g/mol. The first-order chi connectivity index (χ1) is 42.2. The maximum Gasteiger partial charge on any atom is 0.162 e. The van der Waals surface area contributed by atoms with Crippen LogP contribution < -0.4 is 0 Å². The Labute approximate surface area is 526 Å². The second kappa shape index (κ2) is 33.2. The lowest BCUT2D eigenvalue weighted by Gasteiger charge is -2.37. The van der Waals surface area contributed by atoms with Crippen LogP contribution in [0.4, 0.5) is 30.7 Å². The van der Waals surface area contributed by atoms with Gasteiger partial charge in [0, 0.05) is 17.2 Å². The first-order valence-corrected chi connectivity index (χ1v) is 34.5. The Morgan fingerprint density at radius 2 is 0.580 bits per heavy atom. The van der Waals surface area contributed by atoms with Crippen molar-refractivity contribution in [2.45, 2.75) is 234 Å². The molecule has 478 valence electrons. The summed E-state index contributed by atoms with van der Waals surface area (Å²) < 4.78 is 96.2. The third kappa shape index (κ3) is 19.4. The van der Waals surface area contributed by atoms with E-state index in [0.29, 0.717) is 33.4 Å². The molecule has 0 nitrogen and oxygen atoms in total. The van der Waals surface area contributed by atoms with Crippen LogP contribution in [0.1, 0.15) is 245 Å². The molecule has 0 N–H and O–H groups in total. The topological polar surface area (TPSA) is 0 Å². The molecule has 6 aliphatic carbocycles. The molecule has 0 saturated heterocycles. The van der Waals surface area contributed by atoms with Crippen molar-refractivity contribution in [2.24, 2.45) is 53.3 Å². The van der Waals surface area contributed by atoms with E-state index in [1.165, 1.54) is 108 Å². The summed E-state index contributed by atoms with van der Waals surface area (Å²) in [5.74, 6) is 5.48. The highest BCUT2D eigenvalue weighted by Gasteiger charge is 2.33. The highest BCUT2D eigenvalue weighted by atomic mass is 19.2. The fourth-order valence-electron chi connectivity index (χ4n) is 15.5. The molecule has 6 aliphatic rings. The maximum atomic E-state index is 14.3. The predicted molar refractivity (Wildman–Crippen MR) is 354 cm³/mol. The van der Waals surface area contributed by atoms with Gasteiger partial charge >= 0.3 is 0 Å². The van der Waals surface area contributed by atoms with Crippen molar-refractivity contribution >= 4 is 0 Å². The minimum Gasteiger partial charge on any atom is -0.207 e. The smallest absolute Gasteiger partial charge is 0.162 e. The largest absolute Gasteiger partial charge is 0.207 e. The lowest BCUT2D eigenvalue weighted by atomic mass is 9.68.